The van der Waals surface area contributed by atoms with Crippen LogP contribution in [-0.2, 0) is 4.79 Å². The molecule has 3 heteroatoms. The fourth-order valence-electron chi connectivity index (χ4n) is 2.94. The highest BCUT2D eigenvalue weighted by Gasteiger charge is 2.23. The van der Waals surface area contributed by atoms with E-state index in [1.54, 1.807) is 0 Å². The molecule has 0 radical (unpaired) electrons. The molecule has 0 aromatic heterocycles. The number of piperidine rings is 1. The van der Waals surface area contributed by atoms with Gasteiger partial charge in [-0.2, -0.15) is 0 Å². The summed E-state index contributed by atoms with van der Waals surface area (Å²) in [5.41, 5.74) is 1.11. The molecule has 1 aliphatic heterocycles. The van der Waals surface area contributed by atoms with E-state index in [0.29, 0.717) is 0 Å². The number of hydrogen-bond donors (Lipinski definition) is 1. The first-order valence-corrected chi connectivity index (χ1v) is 6.42. The van der Waals surface area contributed by atoms with Crippen LogP contribution in [0.2, 0.25) is 0 Å². The minimum atomic E-state index is -0.791. The van der Waals surface area contributed by atoms with Gasteiger partial charge >= 0.3 is 5.97 Å². The second-order valence-corrected chi connectivity index (χ2v) is 4.97. The fraction of sp³-hybridized carbons (Fsp3) is 0.769. The smallest absolute Gasteiger partial charge is 0.328 e. The van der Waals surface area contributed by atoms with E-state index < -0.39 is 5.97 Å². The number of nitrogens with zero attached hydrogens (tertiary/aromatic N) is 1. The molecule has 90 valence electrons. The summed E-state index contributed by atoms with van der Waals surface area (Å²) < 4.78 is 0. The number of carboxylic acids is 1. The molecule has 0 spiro atoms. The zero-order chi connectivity index (χ0) is 11.4. The van der Waals surface area contributed by atoms with Crippen LogP contribution in [0, 0.1) is 0 Å². The Morgan fingerprint density at radius 2 is 1.81 bits per heavy atom. The van der Waals surface area contributed by atoms with E-state index in [2.05, 4.69) is 4.90 Å². The lowest BCUT2D eigenvalue weighted by atomic mass is 9.92. The summed E-state index contributed by atoms with van der Waals surface area (Å²) in [5, 5.41) is 8.69. The van der Waals surface area contributed by atoms with Crippen molar-refractivity contribution in [3.8, 4) is 0 Å². The third kappa shape index (κ3) is 3.08. The third-order valence-electron chi connectivity index (χ3n) is 3.86. The van der Waals surface area contributed by atoms with Crippen molar-refractivity contribution in [1.29, 1.82) is 0 Å². The van der Waals surface area contributed by atoms with Gasteiger partial charge in [0.1, 0.15) is 0 Å². The van der Waals surface area contributed by atoms with Crippen LogP contribution in [0.3, 0.4) is 0 Å². The summed E-state index contributed by atoms with van der Waals surface area (Å²) in [7, 11) is 0. The second kappa shape index (κ2) is 5.48. The van der Waals surface area contributed by atoms with Crippen LogP contribution in [0.5, 0.6) is 0 Å². The summed E-state index contributed by atoms with van der Waals surface area (Å²) in [5.74, 6) is -0.791. The van der Waals surface area contributed by atoms with E-state index in [1.165, 1.54) is 38.2 Å². The molecule has 2 fully saturated rings. The molecule has 1 saturated carbocycles. The van der Waals surface area contributed by atoms with Crippen molar-refractivity contribution in [1.82, 2.24) is 4.90 Å². The van der Waals surface area contributed by atoms with Gasteiger partial charge in [-0.05, 0) is 25.7 Å². The van der Waals surface area contributed by atoms with Crippen LogP contribution in [0.1, 0.15) is 44.9 Å². The second-order valence-electron chi connectivity index (χ2n) is 4.97. The molecule has 1 heterocycles. The first-order valence-electron chi connectivity index (χ1n) is 6.42. The van der Waals surface area contributed by atoms with Gasteiger partial charge in [0, 0.05) is 25.2 Å². The molecule has 0 aromatic carbocycles. The standard InChI is InChI=1S/C13H21NO2/c15-13(16)10-11-6-8-14(9-7-11)12-4-2-1-3-5-12/h10,12H,1-9H2,(H,15,16). The quantitative estimate of drug-likeness (QED) is 0.731. The van der Waals surface area contributed by atoms with Gasteiger partial charge in [-0.3, -0.25) is 4.90 Å². The summed E-state index contributed by atoms with van der Waals surface area (Å²) in [6.45, 7) is 2.12. The Hall–Kier alpha value is -0.830. The average molecular weight is 223 g/mol. The maximum Gasteiger partial charge on any atom is 0.328 e. The highest BCUT2D eigenvalue weighted by atomic mass is 16.4. The lowest BCUT2D eigenvalue weighted by molar-refractivity contribution is -0.131. The van der Waals surface area contributed by atoms with Crippen molar-refractivity contribution in [2.45, 2.75) is 51.0 Å². The highest BCUT2D eigenvalue weighted by Crippen LogP contribution is 2.26. The Bertz CT molecular complexity index is 270. The molecular formula is C13H21NO2. The van der Waals surface area contributed by atoms with Crippen molar-refractivity contribution in [3.63, 3.8) is 0 Å². The van der Waals surface area contributed by atoms with Gasteiger partial charge in [0.2, 0.25) is 0 Å². The van der Waals surface area contributed by atoms with Crippen LogP contribution in [0.25, 0.3) is 0 Å². The molecule has 3 nitrogen and oxygen atoms in total. The summed E-state index contributed by atoms with van der Waals surface area (Å²) in [6, 6.07) is 0.778. The molecule has 2 aliphatic rings. The van der Waals surface area contributed by atoms with Crippen LogP contribution in [0.15, 0.2) is 11.6 Å². The maximum absolute atomic E-state index is 10.6. The Morgan fingerprint density at radius 1 is 1.19 bits per heavy atom. The number of rotatable bonds is 2. The van der Waals surface area contributed by atoms with Crippen molar-refractivity contribution in [2.75, 3.05) is 13.1 Å². The largest absolute Gasteiger partial charge is 0.478 e. The van der Waals surface area contributed by atoms with Crippen LogP contribution in [0.4, 0.5) is 0 Å². The highest BCUT2D eigenvalue weighted by molar-refractivity contribution is 5.80. The fourth-order valence-corrected chi connectivity index (χ4v) is 2.94. The molecule has 1 N–H and O–H groups in total. The summed E-state index contributed by atoms with van der Waals surface area (Å²) in [4.78, 5) is 13.1. The van der Waals surface area contributed by atoms with E-state index in [1.807, 2.05) is 0 Å². The first kappa shape index (κ1) is 11.6. The number of aliphatic carboxylic acids is 1. The van der Waals surface area contributed by atoms with Crippen molar-refractivity contribution in [3.05, 3.63) is 11.6 Å². The van der Waals surface area contributed by atoms with Gasteiger partial charge in [0.05, 0.1) is 0 Å². The van der Waals surface area contributed by atoms with E-state index in [9.17, 15) is 4.79 Å². The molecule has 0 amide bonds. The molecule has 16 heavy (non-hydrogen) atoms. The Balaban J connectivity index is 1.82. The van der Waals surface area contributed by atoms with Gasteiger partial charge in [0.15, 0.2) is 0 Å². The lowest BCUT2D eigenvalue weighted by Crippen LogP contribution is -2.40. The number of carboxylic acid groups (broad SMARTS) is 1. The van der Waals surface area contributed by atoms with Crippen LogP contribution >= 0.6 is 0 Å². The number of likely N-dealkylation sites (tertiary alicyclic amines) is 1. The average Bonchev–Trinajstić information content (AvgIpc) is 2.30. The molecular weight excluding hydrogens is 202 g/mol. The van der Waals surface area contributed by atoms with Crippen molar-refractivity contribution < 1.29 is 9.90 Å². The normalized spacial score (nSPS) is 24.4. The molecule has 2 rings (SSSR count). The van der Waals surface area contributed by atoms with Crippen LogP contribution < -0.4 is 0 Å². The predicted molar refractivity (Wildman–Crippen MR) is 63.4 cm³/mol. The summed E-state index contributed by atoms with van der Waals surface area (Å²) >= 11 is 0. The maximum atomic E-state index is 10.6. The third-order valence-corrected chi connectivity index (χ3v) is 3.86. The molecule has 1 aliphatic carbocycles. The molecule has 0 atom stereocenters. The Morgan fingerprint density at radius 3 is 2.38 bits per heavy atom. The minimum Gasteiger partial charge on any atom is -0.478 e. The van der Waals surface area contributed by atoms with E-state index >= 15 is 0 Å². The summed E-state index contributed by atoms with van der Waals surface area (Å²) in [6.07, 6.45) is 10.1. The molecule has 0 bridgehead atoms. The van der Waals surface area contributed by atoms with Gasteiger partial charge in [-0.15, -0.1) is 0 Å². The van der Waals surface area contributed by atoms with Gasteiger partial charge in [-0.1, -0.05) is 24.8 Å². The lowest BCUT2D eigenvalue weighted by Gasteiger charge is -2.37. The van der Waals surface area contributed by atoms with Gasteiger partial charge in [-0.25, -0.2) is 4.79 Å². The van der Waals surface area contributed by atoms with Crippen molar-refractivity contribution in [2.24, 2.45) is 0 Å². The predicted octanol–water partition coefficient (Wildman–Crippen LogP) is 2.43. The molecule has 0 aromatic rings. The topological polar surface area (TPSA) is 40.5 Å². The van der Waals surface area contributed by atoms with E-state index in [0.717, 1.165) is 37.5 Å². The number of carbonyl (C=O) groups is 1. The molecule has 1 saturated heterocycles. The number of hydrogen-bond acceptors (Lipinski definition) is 2. The van der Waals surface area contributed by atoms with Crippen molar-refractivity contribution >= 4 is 5.97 Å². The van der Waals surface area contributed by atoms with E-state index in [-0.39, 0.29) is 0 Å². The SMILES string of the molecule is O=C(O)C=C1CCN(C2CCCCC2)CC1. The van der Waals surface area contributed by atoms with Gasteiger partial charge < -0.3 is 5.11 Å². The monoisotopic (exact) mass is 223 g/mol. The zero-order valence-corrected chi connectivity index (χ0v) is 9.82. The van der Waals surface area contributed by atoms with Gasteiger partial charge in [0.25, 0.3) is 0 Å². The molecule has 0 unspecified atom stereocenters. The zero-order valence-electron chi connectivity index (χ0n) is 9.82. The Kier molecular flexibility index (Phi) is 3.99. The van der Waals surface area contributed by atoms with E-state index in [4.69, 9.17) is 5.11 Å². The van der Waals surface area contributed by atoms with Crippen LogP contribution in [-0.4, -0.2) is 35.1 Å². The minimum absolute atomic E-state index is 0.778. The first-order chi connectivity index (χ1) is 7.75. The Labute approximate surface area is 97.1 Å².